The van der Waals surface area contributed by atoms with Gasteiger partial charge in [0.05, 0.1) is 0 Å². The third kappa shape index (κ3) is 4.84. The average Bonchev–Trinajstić information content (AvgIpc) is 2.62. The van der Waals surface area contributed by atoms with Gasteiger partial charge in [0, 0.05) is 27.9 Å². The van der Waals surface area contributed by atoms with E-state index in [-0.39, 0.29) is 17.7 Å². The van der Waals surface area contributed by atoms with E-state index in [4.69, 9.17) is 11.6 Å². The van der Waals surface area contributed by atoms with E-state index in [1.165, 1.54) is 0 Å². The Morgan fingerprint density at radius 1 is 1.00 bits per heavy atom. The fourth-order valence-electron chi connectivity index (χ4n) is 3.12. The highest BCUT2D eigenvalue weighted by Crippen LogP contribution is 2.23. The molecule has 6 heteroatoms. The standard InChI is InChI=1S/C20H22ClN3O2/c1-24-10-8-14(9-11-24)19(25)15-4-2-6-17(12-15)22-20(26)23-18-7-3-5-16(21)13-18/h2-7,12-14H,8-11H2,1H3,(H2,22,23,26). The van der Waals surface area contributed by atoms with Gasteiger partial charge in [0.25, 0.3) is 0 Å². The minimum absolute atomic E-state index is 0.0572. The fourth-order valence-corrected chi connectivity index (χ4v) is 3.31. The van der Waals surface area contributed by atoms with Crippen LogP contribution < -0.4 is 10.6 Å². The van der Waals surface area contributed by atoms with Gasteiger partial charge in [0.15, 0.2) is 5.78 Å². The molecule has 0 aliphatic carbocycles. The van der Waals surface area contributed by atoms with Crippen LogP contribution in [0.3, 0.4) is 0 Å². The Balaban J connectivity index is 1.63. The van der Waals surface area contributed by atoms with Crippen molar-refractivity contribution in [3.8, 4) is 0 Å². The van der Waals surface area contributed by atoms with Crippen molar-refractivity contribution in [2.24, 2.45) is 5.92 Å². The summed E-state index contributed by atoms with van der Waals surface area (Å²) >= 11 is 5.91. The van der Waals surface area contributed by atoms with E-state index >= 15 is 0 Å². The number of carbonyl (C=O) groups is 2. The summed E-state index contributed by atoms with van der Waals surface area (Å²) in [4.78, 5) is 27.1. The van der Waals surface area contributed by atoms with Crippen LogP contribution in [0.5, 0.6) is 0 Å². The second-order valence-corrected chi connectivity index (χ2v) is 7.05. The van der Waals surface area contributed by atoms with Gasteiger partial charge in [-0.1, -0.05) is 29.8 Å². The highest BCUT2D eigenvalue weighted by molar-refractivity contribution is 6.30. The Hall–Kier alpha value is -2.37. The number of rotatable bonds is 4. The van der Waals surface area contributed by atoms with Crippen LogP contribution in [0.25, 0.3) is 0 Å². The number of nitrogens with zero attached hydrogens (tertiary/aromatic N) is 1. The van der Waals surface area contributed by atoms with Gasteiger partial charge in [-0.25, -0.2) is 4.79 Å². The van der Waals surface area contributed by atoms with Gasteiger partial charge in [0.2, 0.25) is 0 Å². The molecule has 3 rings (SSSR count). The smallest absolute Gasteiger partial charge is 0.308 e. The summed E-state index contributed by atoms with van der Waals surface area (Å²) in [5.74, 6) is 0.207. The van der Waals surface area contributed by atoms with Gasteiger partial charge in [-0.05, 0) is 63.3 Å². The summed E-state index contributed by atoms with van der Waals surface area (Å²) in [6.45, 7) is 1.88. The first-order valence-corrected chi connectivity index (χ1v) is 9.05. The number of Topliss-reactive ketones (excluding diaryl/α,β-unsaturated/α-hetero) is 1. The number of carbonyl (C=O) groups excluding carboxylic acids is 2. The van der Waals surface area contributed by atoms with Gasteiger partial charge < -0.3 is 15.5 Å². The summed E-state index contributed by atoms with van der Waals surface area (Å²) in [7, 11) is 2.07. The molecule has 1 aliphatic heterocycles. The molecule has 136 valence electrons. The van der Waals surface area contributed by atoms with Gasteiger partial charge in [-0.15, -0.1) is 0 Å². The zero-order valence-electron chi connectivity index (χ0n) is 14.7. The second kappa shape index (κ2) is 8.34. The molecule has 2 aromatic carbocycles. The summed E-state index contributed by atoms with van der Waals surface area (Å²) in [5.41, 5.74) is 1.83. The Morgan fingerprint density at radius 2 is 1.62 bits per heavy atom. The molecule has 2 amide bonds. The zero-order chi connectivity index (χ0) is 18.5. The number of ketones is 1. The van der Waals surface area contributed by atoms with Crippen LogP contribution in [0.2, 0.25) is 5.02 Å². The van der Waals surface area contributed by atoms with Crippen LogP contribution in [0.1, 0.15) is 23.2 Å². The topological polar surface area (TPSA) is 61.4 Å². The molecule has 0 spiro atoms. The Labute approximate surface area is 158 Å². The van der Waals surface area contributed by atoms with Gasteiger partial charge >= 0.3 is 6.03 Å². The van der Waals surface area contributed by atoms with Crippen molar-refractivity contribution < 1.29 is 9.59 Å². The summed E-state index contributed by atoms with van der Waals surface area (Å²) in [5, 5.41) is 6.03. The number of benzene rings is 2. The SMILES string of the molecule is CN1CCC(C(=O)c2cccc(NC(=O)Nc3cccc(Cl)c3)c2)CC1. The predicted octanol–water partition coefficient (Wildman–Crippen LogP) is 4.51. The lowest BCUT2D eigenvalue weighted by Gasteiger charge is -2.28. The fraction of sp³-hybridized carbons (Fsp3) is 0.300. The summed E-state index contributed by atoms with van der Waals surface area (Å²) < 4.78 is 0. The molecule has 0 radical (unpaired) electrons. The van der Waals surface area contributed by atoms with Crippen molar-refractivity contribution in [2.75, 3.05) is 30.8 Å². The molecule has 0 bridgehead atoms. The largest absolute Gasteiger partial charge is 0.323 e. The molecular weight excluding hydrogens is 350 g/mol. The maximum absolute atomic E-state index is 12.7. The third-order valence-electron chi connectivity index (χ3n) is 4.58. The van der Waals surface area contributed by atoms with E-state index in [1.54, 1.807) is 48.5 Å². The molecule has 0 saturated carbocycles. The molecular formula is C20H22ClN3O2. The van der Waals surface area contributed by atoms with Crippen molar-refractivity contribution in [3.63, 3.8) is 0 Å². The highest BCUT2D eigenvalue weighted by Gasteiger charge is 2.24. The number of nitrogens with one attached hydrogen (secondary N) is 2. The monoisotopic (exact) mass is 371 g/mol. The molecule has 1 heterocycles. The first-order valence-electron chi connectivity index (χ1n) is 8.67. The lowest BCUT2D eigenvalue weighted by molar-refractivity contribution is 0.0857. The average molecular weight is 372 g/mol. The number of anilines is 2. The van der Waals surface area contributed by atoms with Crippen molar-refractivity contribution in [3.05, 3.63) is 59.1 Å². The van der Waals surface area contributed by atoms with Crippen LogP contribution in [0.4, 0.5) is 16.2 Å². The van der Waals surface area contributed by atoms with Gasteiger partial charge in [-0.3, -0.25) is 4.79 Å². The van der Waals surface area contributed by atoms with Crippen molar-refractivity contribution in [1.82, 2.24) is 4.90 Å². The molecule has 0 atom stereocenters. The van der Waals surface area contributed by atoms with Gasteiger partial charge in [-0.2, -0.15) is 0 Å². The third-order valence-corrected chi connectivity index (χ3v) is 4.81. The molecule has 0 aromatic heterocycles. The lowest BCUT2D eigenvalue weighted by atomic mass is 9.89. The Bertz CT molecular complexity index is 801. The van der Waals surface area contributed by atoms with E-state index < -0.39 is 0 Å². The molecule has 2 aromatic rings. The minimum Gasteiger partial charge on any atom is -0.308 e. The van der Waals surface area contributed by atoms with Crippen molar-refractivity contribution in [1.29, 1.82) is 0 Å². The highest BCUT2D eigenvalue weighted by atomic mass is 35.5. The predicted molar refractivity (Wildman–Crippen MR) is 105 cm³/mol. The molecule has 5 nitrogen and oxygen atoms in total. The molecule has 1 aliphatic rings. The minimum atomic E-state index is -0.379. The van der Waals surface area contributed by atoms with Gasteiger partial charge in [0.1, 0.15) is 0 Å². The number of hydrogen-bond acceptors (Lipinski definition) is 3. The Kier molecular flexibility index (Phi) is 5.91. The van der Waals surface area contributed by atoms with Crippen LogP contribution in [-0.4, -0.2) is 36.9 Å². The van der Waals surface area contributed by atoms with E-state index in [1.807, 2.05) is 0 Å². The van der Waals surface area contributed by atoms with Crippen molar-refractivity contribution >= 4 is 34.8 Å². The molecule has 1 saturated heterocycles. The summed E-state index contributed by atoms with van der Waals surface area (Å²) in [6, 6.07) is 13.6. The zero-order valence-corrected chi connectivity index (χ0v) is 15.4. The van der Waals surface area contributed by atoms with Crippen LogP contribution >= 0.6 is 11.6 Å². The molecule has 26 heavy (non-hydrogen) atoms. The second-order valence-electron chi connectivity index (χ2n) is 6.61. The van der Waals surface area contributed by atoms with E-state index in [9.17, 15) is 9.59 Å². The van der Waals surface area contributed by atoms with Crippen LogP contribution in [0.15, 0.2) is 48.5 Å². The normalized spacial score (nSPS) is 15.5. The maximum atomic E-state index is 12.7. The van der Waals surface area contributed by atoms with Crippen LogP contribution in [0, 0.1) is 5.92 Å². The number of piperidine rings is 1. The van der Waals surface area contributed by atoms with Crippen molar-refractivity contribution in [2.45, 2.75) is 12.8 Å². The maximum Gasteiger partial charge on any atom is 0.323 e. The summed E-state index contributed by atoms with van der Waals surface area (Å²) in [6.07, 6.45) is 1.75. The lowest BCUT2D eigenvalue weighted by Crippen LogP contribution is -2.33. The molecule has 0 unspecified atom stereocenters. The quantitative estimate of drug-likeness (QED) is 0.777. The van der Waals surface area contributed by atoms with Crippen LogP contribution in [-0.2, 0) is 0 Å². The first kappa shape index (κ1) is 18.4. The number of halogens is 1. The Morgan fingerprint density at radius 3 is 2.27 bits per heavy atom. The van der Waals surface area contributed by atoms with E-state index in [2.05, 4.69) is 22.6 Å². The number of hydrogen-bond donors (Lipinski definition) is 2. The molecule has 1 fully saturated rings. The first-order chi connectivity index (χ1) is 12.5. The van der Waals surface area contributed by atoms with E-state index in [0.29, 0.717) is 22.0 Å². The van der Waals surface area contributed by atoms with E-state index in [0.717, 1.165) is 25.9 Å². The number of urea groups is 1. The number of likely N-dealkylation sites (tertiary alicyclic amines) is 1. The number of amides is 2. The molecule has 2 N–H and O–H groups in total.